The number of likely N-dealkylation sites (tertiary alicyclic amines) is 1. The van der Waals surface area contributed by atoms with Crippen LogP contribution in [0.2, 0.25) is 0 Å². The molecule has 4 nitrogen and oxygen atoms in total. The summed E-state index contributed by atoms with van der Waals surface area (Å²) in [6.07, 6.45) is 4.80. The van der Waals surface area contributed by atoms with E-state index >= 15 is 0 Å². The molecule has 154 valence electrons. The van der Waals surface area contributed by atoms with Crippen LogP contribution in [0.1, 0.15) is 39.3 Å². The van der Waals surface area contributed by atoms with Crippen molar-refractivity contribution in [1.29, 1.82) is 0 Å². The van der Waals surface area contributed by atoms with Crippen molar-refractivity contribution in [3.8, 4) is 11.4 Å². The molecule has 0 unspecified atom stereocenters. The fraction of sp³-hybridized carbons (Fsp3) is 0.480. The van der Waals surface area contributed by atoms with Gasteiger partial charge in [0, 0.05) is 44.0 Å². The maximum Gasteiger partial charge on any atom is 0.140 e. The molecule has 0 N–H and O–H groups in total. The Morgan fingerprint density at radius 3 is 2.41 bits per heavy atom. The summed E-state index contributed by atoms with van der Waals surface area (Å²) in [7, 11) is 0. The van der Waals surface area contributed by atoms with Crippen LogP contribution in [0.15, 0.2) is 48.7 Å². The lowest BCUT2D eigenvalue weighted by Crippen LogP contribution is -2.44. The van der Waals surface area contributed by atoms with Crippen LogP contribution in [0.3, 0.4) is 0 Å². The number of hydrogen-bond donors (Lipinski definition) is 0. The summed E-state index contributed by atoms with van der Waals surface area (Å²) < 4.78 is 2.31. The van der Waals surface area contributed by atoms with Crippen LogP contribution in [-0.2, 0) is 13.1 Å². The monoisotopic (exact) mass is 390 g/mol. The van der Waals surface area contributed by atoms with Gasteiger partial charge in [-0.3, -0.25) is 4.90 Å². The van der Waals surface area contributed by atoms with Gasteiger partial charge < -0.3 is 9.47 Å². The molecular formula is C25H34N4. The second-order valence-electron chi connectivity index (χ2n) is 8.10. The van der Waals surface area contributed by atoms with Gasteiger partial charge in [0.2, 0.25) is 0 Å². The summed E-state index contributed by atoms with van der Waals surface area (Å²) in [5, 5.41) is 2.55. The summed E-state index contributed by atoms with van der Waals surface area (Å²) in [4.78, 5) is 10.3. The topological polar surface area (TPSA) is 24.3 Å². The Hall–Kier alpha value is -2.17. The number of aryl methyl sites for hydroxylation is 1. The van der Waals surface area contributed by atoms with Gasteiger partial charge >= 0.3 is 0 Å². The molecule has 1 saturated heterocycles. The largest absolute Gasteiger partial charge is 0.331 e. The van der Waals surface area contributed by atoms with Crippen LogP contribution >= 0.6 is 0 Å². The van der Waals surface area contributed by atoms with E-state index in [-0.39, 0.29) is 0 Å². The van der Waals surface area contributed by atoms with Crippen LogP contribution in [0.5, 0.6) is 0 Å². The van der Waals surface area contributed by atoms with Gasteiger partial charge in [0.1, 0.15) is 5.82 Å². The van der Waals surface area contributed by atoms with Crippen LogP contribution in [-0.4, -0.2) is 51.6 Å². The minimum absolute atomic E-state index is 0.751. The third kappa shape index (κ3) is 4.24. The molecule has 0 saturated carbocycles. The Labute approximate surface area is 175 Å². The van der Waals surface area contributed by atoms with Gasteiger partial charge in [0.15, 0.2) is 0 Å². The number of piperidine rings is 1. The molecule has 2 aromatic carbocycles. The van der Waals surface area contributed by atoms with Crippen LogP contribution in [0.25, 0.3) is 22.2 Å². The van der Waals surface area contributed by atoms with E-state index < -0.39 is 0 Å². The van der Waals surface area contributed by atoms with Crippen molar-refractivity contribution >= 4 is 10.8 Å². The van der Waals surface area contributed by atoms with Gasteiger partial charge in [-0.2, -0.15) is 0 Å². The summed E-state index contributed by atoms with van der Waals surface area (Å²) in [6.45, 7) is 13.3. The summed E-state index contributed by atoms with van der Waals surface area (Å²) in [6, 6.07) is 15.9. The van der Waals surface area contributed by atoms with E-state index in [1.807, 2.05) is 0 Å². The predicted octanol–water partition coefficient (Wildman–Crippen LogP) is 5.03. The molecule has 0 radical (unpaired) electrons. The second kappa shape index (κ2) is 9.10. The number of benzene rings is 2. The minimum atomic E-state index is 0.751. The summed E-state index contributed by atoms with van der Waals surface area (Å²) >= 11 is 0. The Kier molecular flexibility index (Phi) is 6.31. The number of aromatic nitrogens is 2. The molecule has 0 atom stereocenters. The highest BCUT2D eigenvalue weighted by Crippen LogP contribution is 2.28. The fourth-order valence-electron chi connectivity index (χ4n) is 4.83. The Bertz CT molecular complexity index is 928. The molecule has 1 aliphatic heterocycles. The number of imidazole rings is 1. The molecule has 4 heteroatoms. The quantitative estimate of drug-likeness (QED) is 0.565. The second-order valence-corrected chi connectivity index (χ2v) is 8.10. The number of hydrogen-bond acceptors (Lipinski definition) is 3. The average Bonchev–Trinajstić information content (AvgIpc) is 3.18. The SMILES string of the molecule is CCN(CC)C1CCN(Cc2cn(CC)c(-c3cccc4ccccc34)n2)CC1. The first kappa shape index (κ1) is 20.1. The predicted molar refractivity (Wildman–Crippen MR) is 122 cm³/mol. The van der Waals surface area contributed by atoms with Crippen molar-refractivity contribution in [2.24, 2.45) is 0 Å². The van der Waals surface area contributed by atoms with E-state index in [9.17, 15) is 0 Å². The molecular weight excluding hydrogens is 356 g/mol. The number of rotatable bonds is 7. The Morgan fingerprint density at radius 2 is 1.69 bits per heavy atom. The van der Waals surface area contributed by atoms with Gasteiger partial charge in [0.05, 0.1) is 5.69 Å². The molecule has 3 aromatic rings. The lowest BCUT2D eigenvalue weighted by Gasteiger charge is -2.37. The molecule has 1 aliphatic rings. The van der Waals surface area contributed by atoms with Crippen molar-refractivity contribution in [3.63, 3.8) is 0 Å². The Balaban J connectivity index is 1.52. The first-order valence-corrected chi connectivity index (χ1v) is 11.2. The third-order valence-electron chi connectivity index (χ3n) is 6.47. The minimum Gasteiger partial charge on any atom is -0.331 e. The average molecular weight is 391 g/mol. The maximum atomic E-state index is 5.09. The van der Waals surface area contributed by atoms with Gasteiger partial charge in [-0.1, -0.05) is 56.3 Å². The highest BCUT2D eigenvalue weighted by Gasteiger charge is 2.23. The van der Waals surface area contributed by atoms with E-state index in [0.717, 1.165) is 38.0 Å². The van der Waals surface area contributed by atoms with E-state index in [4.69, 9.17) is 4.98 Å². The van der Waals surface area contributed by atoms with Crippen molar-refractivity contribution in [2.45, 2.75) is 52.7 Å². The maximum absolute atomic E-state index is 5.09. The molecule has 1 aromatic heterocycles. The first-order chi connectivity index (χ1) is 14.2. The van der Waals surface area contributed by atoms with Crippen LogP contribution in [0.4, 0.5) is 0 Å². The highest BCUT2D eigenvalue weighted by molar-refractivity contribution is 5.95. The molecule has 0 aliphatic carbocycles. The molecule has 1 fully saturated rings. The van der Waals surface area contributed by atoms with Gasteiger partial charge in [-0.15, -0.1) is 0 Å². The fourth-order valence-corrected chi connectivity index (χ4v) is 4.83. The zero-order valence-corrected chi connectivity index (χ0v) is 18.1. The van der Waals surface area contributed by atoms with Crippen LogP contribution < -0.4 is 0 Å². The zero-order valence-electron chi connectivity index (χ0n) is 18.1. The zero-order chi connectivity index (χ0) is 20.2. The smallest absolute Gasteiger partial charge is 0.140 e. The normalized spacial score (nSPS) is 16.1. The molecule has 0 spiro atoms. The Morgan fingerprint density at radius 1 is 0.966 bits per heavy atom. The van der Waals surface area contributed by atoms with Gasteiger partial charge in [0.25, 0.3) is 0 Å². The van der Waals surface area contributed by atoms with E-state index in [1.165, 1.54) is 48.0 Å². The number of fused-ring (bicyclic) bond motifs is 1. The van der Waals surface area contributed by atoms with Crippen molar-refractivity contribution < 1.29 is 0 Å². The van der Waals surface area contributed by atoms with Gasteiger partial charge in [-0.05, 0) is 43.6 Å². The molecule has 0 bridgehead atoms. The van der Waals surface area contributed by atoms with Crippen molar-refractivity contribution in [3.05, 3.63) is 54.4 Å². The van der Waals surface area contributed by atoms with E-state index in [2.05, 4.69) is 83.8 Å². The lowest BCUT2D eigenvalue weighted by molar-refractivity contribution is 0.112. The standard InChI is InChI=1S/C25H34N4/c1-4-28(5-2)22-14-16-27(17-15-22)18-21-19-29(6-3)25(26-21)24-13-9-11-20-10-7-8-12-23(20)24/h7-13,19,22H,4-6,14-18H2,1-3H3. The summed E-state index contributed by atoms with van der Waals surface area (Å²) in [5.74, 6) is 1.09. The summed E-state index contributed by atoms with van der Waals surface area (Å²) in [5.41, 5.74) is 2.42. The first-order valence-electron chi connectivity index (χ1n) is 11.2. The van der Waals surface area contributed by atoms with Crippen LogP contribution in [0, 0.1) is 0 Å². The van der Waals surface area contributed by atoms with E-state index in [0.29, 0.717) is 0 Å². The lowest BCUT2D eigenvalue weighted by atomic mass is 10.0. The van der Waals surface area contributed by atoms with Crippen molar-refractivity contribution in [1.82, 2.24) is 19.4 Å². The molecule has 4 rings (SSSR count). The molecule has 0 amide bonds. The van der Waals surface area contributed by atoms with E-state index in [1.54, 1.807) is 0 Å². The highest BCUT2D eigenvalue weighted by atomic mass is 15.2. The molecule has 2 heterocycles. The third-order valence-corrected chi connectivity index (χ3v) is 6.47. The number of nitrogens with zero attached hydrogens (tertiary/aromatic N) is 4. The van der Waals surface area contributed by atoms with Gasteiger partial charge in [-0.25, -0.2) is 4.98 Å². The molecule has 29 heavy (non-hydrogen) atoms. The van der Waals surface area contributed by atoms with Crippen molar-refractivity contribution in [2.75, 3.05) is 26.2 Å².